The second-order valence-corrected chi connectivity index (χ2v) is 7.03. The Morgan fingerprint density at radius 3 is 2.64 bits per heavy atom. The smallest absolute Gasteiger partial charge is 0.258 e. The molecule has 0 saturated heterocycles. The highest BCUT2D eigenvalue weighted by Crippen LogP contribution is 2.23. The van der Waals surface area contributed by atoms with E-state index in [0.29, 0.717) is 17.7 Å². The number of hydrogen-bond acceptors (Lipinski definition) is 5. The van der Waals surface area contributed by atoms with Gasteiger partial charge < -0.3 is 0 Å². The van der Waals surface area contributed by atoms with Crippen molar-refractivity contribution in [3.63, 3.8) is 0 Å². The second kappa shape index (κ2) is 5.85. The lowest BCUT2D eigenvalue weighted by atomic mass is 10.0. The Morgan fingerprint density at radius 1 is 1.36 bits per heavy atom. The van der Waals surface area contributed by atoms with Crippen LogP contribution < -0.4 is 0 Å². The fourth-order valence-corrected chi connectivity index (χ4v) is 2.80. The molecule has 2 aromatic rings. The molecule has 1 heterocycles. The molecule has 1 aromatic carbocycles. The summed E-state index contributed by atoms with van der Waals surface area (Å²) in [5.41, 5.74) is 1.85. The van der Waals surface area contributed by atoms with E-state index in [-0.39, 0.29) is 5.69 Å². The summed E-state index contributed by atoms with van der Waals surface area (Å²) in [5, 5.41) is 10.9. The summed E-state index contributed by atoms with van der Waals surface area (Å²) < 4.78 is 26.0. The van der Waals surface area contributed by atoms with Gasteiger partial charge in [0, 0.05) is 38.3 Å². The molecule has 0 radical (unpaired) electrons. The highest BCUT2D eigenvalue weighted by Gasteiger charge is 2.18. The maximum absolute atomic E-state index is 12.0. The van der Waals surface area contributed by atoms with Gasteiger partial charge in [-0.05, 0) is 12.5 Å². The van der Waals surface area contributed by atoms with Crippen LogP contribution in [0.25, 0.3) is 0 Å². The number of hydrogen-bond donors (Lipinski definition) is 0. The van der Waals surface area contributed by atoms with Crippen molar-refractivity contribution >= 4 is 15.9 Å². The van der Waals surface area contributed by atoms with Crippen LogP contribution in [0.5, 0.6) is 0 Å². The van der Waals surface area contributed by atoms with Crippen LogP contribution in [-0.2, 0) is 16.6 Å². The SMILES string of the molecule is Cc1c(Cc2cn(S(=O)(=O)N(C)C)cn2)cccc1[N+](=O)[O-]. The van der Waals surface area contributed by atoms with E-state index in [1.165, 1.54) is 32.7 Å². The Kier molecular flexibility index (Phi) is 4.29. The van der Waals surface area contributed by atoms with E-state index in [9.17, 15) is 18.5 Å². The van der Waals surface area contributed by atoms with Crippen LogP contribution in [0.1, 0.15) is 16.8 Å². The van der Waals surface area contributed by atoms with Crippen molar-refractivity contribution in [2.45, 2.75) is 13.3 Å². The third-order valence-corrected chi connectivity index (χ3v) is 4.98. The van der Waals surface area contributed by atoms with Crippen molar-refractivity contribution in [2.75, 3.05) is 14.1 Å². The minimum atomic E-state index is -3.60. The molecular formula is C13H16N4O4S. The first kappa shape index (κ1) is 16.1. The fourth-order valence-electron chi connectivity index (χ4n) is 2.00. The largest absolute Gasteiger partial charge is 0.308 e. The van der Waals surface area contributed by atoms with Gasteiger partial charge in [0.05, 0.1) is 10.6 Å². The summed E-state index contributed by atoms with van der Waals surface area (Å²) >= 11 is 0. The molecule has 2 rings (SSSR count). The quantitative estimate of drug-likeness (QED) is 0.610. The molecule has 0 spiro atoms. The summed E-state index contributed by atoms with van der Waals surface area (Å²) in [7, 11) is -0.740. The number of aromatic nitrogens is 2. The van der Waals surface area contributed by atoms with Crippen molar-refractivity contribution in [2.24, 2.45) is 0 Å². The molecule has 8 nitrogen and oxygen atoms in total. The van der Waals surface area contributed by atoms with E-state index in [1.54, 1.807) is 19.1 Å². The van der Waals surface area contributed by atoms with Gasteiger partial charge in [-0.3, -0.25) is 10.1 Å². The van der Waals surface area contributed by atoms with Gasteiger partial charge in [0.1, 0.15) is 6.33 Å². The van der Waals surface area contributed by atoms with E-state index < -0.39 is 15.1 Å². The normalized spacial score (nSPS) is 11.8. The lowest BCUT2D eigenvalue weighted by Gasteiger charge is -2.10. The highest BCUT2D eigenvalue weighted by molar-refractivity contribution is 7.87. The molecule has 118 valence electrons. The summed E-state index contributed by atoms with van der Waals surface area (Å²) in [6, 6.07) is 4.81. The Labute approximate surface area is 128 Å². The van der Waals surface area contributed by atoms with Gasteiger partial charge in [-0.25, -0.2) is 8.96 Å². The summed E-state index contributed by atoms with van der Waals surface area (Å²) in [6.45, 7) is 1.67. The molecule has 9 heteroatoms. The number of nitrogens with zero attached hydrogens (tertiary/aromatic N) is 4. The van der Waals surface area contributed by atoms with Gasteiger partial charge in [0.15, 0.2) is 0 Å². The first-order valence-corrected chi connectivity index (χ1v) is 7.82. The van der Waals surface area contributed by atoms with Crippen molar-refractivity contribution in [3.05, 3.63) is 57.7 Å². The first-order valence-electron chi connectivity index (χ1n) is 6.42. The zero-order valence-corrected chi connectivity index (χ0v) is 13.2. The number of benzene rings is 1. The zero-order chi connectivity index (χ0) is 16.5. The van der Waals surface area contributed by atoms with Crippen LogP contribution in [0.4, 0.5) is 5.69 Å². The second-order valence-electron chi connectivity index (χ2n) is 4.98. The predicted molar refractivity (Wildman–Crippen MR) is 80.9 cm³/mol. The number of nitro groups is 1. The maximum atomic E-state index is 12.0. The van der Waals surface area contributed by atoms with Crippen molar-refractivity contribution < 1.29 is 13.3 Å². The van der Waals surface area contributed by atoms with Gasteiger partial charge in [-0.1, -0.05) is 12.1 Å². The standard InChI is InChI=1S/C13H16N4O4S/c1-10-11(5-4-6-13(10)17(18)19)7-12-8-16(9-14-12)22(20,21)15(2)3/h4-6,8-9H,7H2,1-3H3. The van der Waals surface area contributed by atoms with Crippen LogP contribution >= 0.6 is 0 Å². The van der Waals surface area contributed by atoms with Gasteiger partial charge in [0.25, 0.3) is 5.69 Å². The van der Waals surface area contributed by atoms with Crippen molar-refractivity contribution in [1.29, 1.82) is 0 Å². The molecule has 0 aliphatic carbocycles. The monoisotopic (exact) mass is 324 g/mol. The van der Waals surface area contributed by atoms with Crippen LogP contribution in [0.2, 0.25) is 0 Å². The zero-order valence-electron chi connectivity index (χ0n) is 12.4. The van der Waals surface area contributed by atoms with Crippen LogP contribution in [0.3, 0.4) is 0 Å². The molecule has 22 heavy (non-hydrogen) atoms. The molecule has 0 saturated carbocycles. The van der Waals surface area contributed by atoms with Gasteiger partial charge >= 0.3 is 10.2 Å². The minimum absolute atomic E-state index is 0.0397. The third-order valence-electron chi connectivity index (χ3n) is 3.33. The third kappa shape index (κ3) is 3.00. The summed E-state index contributed by atoms with van der Waals surface area (Å²) in [4.78, 5) is 14.6. The van der Waals surface area contributed by atoms with E-state index in [4.69, 9.17) is 0 Å². The molecule has 1 aromatic heterocycles. The Balaban J connectivity index is 2.32. The van der Waals surface area contributed by atoms with Gasteiger partial charge in [0.2, 0.25) is 0 Å². The van der Waals surface area contributed by atoms with Crippen LogP contribution in [-0.4, -0.2) is 40.7 Å². The lowest BCUT2D eigenvalue weighted by Crippen LogP contribution is -2.27. The van der Waals surface area contributed by atoms with E-state index >= 15 is 0 Å². The summed E-state index contributed by atoms with van der Waals surface area (Å²) in [5.74, 6) is 0. The molecule has 0 bridgehead atoms. The predicted octanol–water partition coefficient (Wildman–Crippen LogP) is 1.35. The van der Waals surface area contributed by atoms with Crippen molar-refractivity contribution in [3.8, 4) is 0 Å². The number of imidazole rings is 1. The Morgan fingerprint density at radius 2 is 2.05 bits per heavy atom. The fraction of sp³-hybridized carbons (Fsp3) is 0.308. The Hall–Kier alpha value is -2.26. The molecule has 0 N–H and O–H groups in total. The molecule has 0 aliphatic heterocycles. The van der Waals surface area contributed by atoms with E-state index in [2.05, 4.69) is 4.98 Å². The highest BCUT2D eigenvalue weighted by atomic mass is 32.2. The van der Waals surface area contributed by atoms with Crippen LogP contribution in [0, 0.1) is 17.0 Å². The molecule has 0 fully saturated rings. The van der Waals surface area contributed by atoms with Gasteiger partial charge in [-0.2, -0.15) is 12.7 Å². The summed E-state index contributed by atoms with van der Waals surface area (Å²) in [6.07, 6.45) is 2.95. The molecule has 0 aliphatic rings. The molecule has 0 unspecified atom stereocenters. The molecule has 0 amide bonds. The molecule has 0 atom stereocenters. The van der Waals surface area contributed by atoms with E-state index in [1.807, 2.05) is 0 Å². The average molecular weight is 324 g/mol. The minimum Gasteiger partial charge on any atom is -0.258 e. The van der Waals surface area contributed by atoms with E-state index in [0.717, 1.165) is 13.8 Å². The Bertz CT molecular complexity index is 811. The number of nitro benzene ring substituents is 1. The molecular weight excluding hydrogens is 308 g/mol. The number of rotatable bonds is 5. The van der Waals surface area contributed by atoms with Crippen LogP contribution in [0.15, 0.2) is 30.7 Å². The average Bonchev–Trinajstić information content (AvgIpc) is 2.90. The van der Waals surface area contributed by atoms with Crippen molar-refractivity contribution in [1.82, 2.24) is 13.3 Å². The lowest BCUT2D eigenvalue weighted by molar-refractivity contribution is -0.385. The van der Waals surface area contributed by atoms with Gasteiger partial charge in [-0.15, -0.1) is 0 Å². The first-order chi connectivity index (χ1) is 10.2. The topological polar surface area (TPSA) is 98.3 Å². The maximum Gasteiger partial charge on any atom is 0.308 e.